The molecule has 1 saturated heterocycles. The van der Waals surface area contributed by atoms with Crippen LogP contribution in [-0.4, -0.2) is 56.0 Å². The molecule has 0 aliphatic carbocycles. The summed E-state index contributed by atoms with van der Waals surface area (Å²) >= 11 is 0. The number of aromatic nitrogens is 3. The fourth-order valence-corrected chi connectivity index (χ4v) is 4.90. The molecule has 2 N–H and O–H groups in total. The van der Waals surface area contributed by atoms with E-state index in [2.05, 4.69) is 20.0 Å². The van der Waals surface area contributed by atoms with Crippen molar-refractivity contribution in [2.45, 2.75) is 32.8 Å². The smallest absolute Gasteiger partial charge is 0.387 e. The number of carbonyl (C=O) groups excluding carboxylic acids is 1. The first-order valence-corrected chi connectivity index (χ1v) is 12.5. The van der Waals surface area contributed by atoms with Gasteiger partial charge in [0, 0.05) is 48.7 Å². The number of aryl methyl sites for hydroxylation is 1. The number of nitrogens with one attached hydrogen (secondary N) is 1. The van der Waals surface area contributed by atoms with Crippen molar-refractivity contribution in [3.63, 3.8) is 0 Å². The molecule has 0 spiro atoms. The molecule has 0 radical (unpaired) electrons. The zero-order chi connectivity index (χ0) is 27.5. The number of alkyl halides is 2. The minimum atomic E-state index is -2.88. The van der Waals surface area contributed by atoms with Gasteiger partial charge in [-0.15, -0.1) is 0 Å². The molecule has 1 amide bonds. The number of hydrogen-bond acceptors (Lipinski definition) is 6. The Balaban J connectivity index is 1.30. The maximum Gasteiger partial charge on any atom is 0.387 e. The highest BCUT2D eigenvalue weighted by molar-refractivity contribution is 5.96. The topological polar surface area (TPSA) is 109 Å². The van der Waals surface area contributed by atoms with Gasteiger partial charge in [-0.25, -0.2) is 9.97 Å². The summed E-state index contributed by atoms with van der Waals surface area (Å²) in [6, 6.07) is 11.8. The number of likely N-dealkylation sites (tertiary alicyclic amines) is 1. The molecule has 4 aromatic rings. The lowest BCUT2D eigenvalue weighted by molar-refractivity contribution is -0.138. The van der Waals surface area contributed by atoms with Crippen LogP contribution in [0.5, 0.6) is 5.75 Å². The second-order valence-electron chi connectivity index (χ2n) is 9.50. The van der Waals surface area contributed by atoms with Crippen molar-refractivity contribution < 1.29 is 28.2 Å². The number of benzene rings is 2. The summed E-state index contributed by atoms with van der Waals surface area (Å²) in [6.07, 6.45) is 6.59. The standard InChI is InChI=1S/C28H27F2N5O4/c1-17-14-20(4-7-22(17)27(38)34-11-8-18(9-12-34)15-24(36)37)33-25-26-32-16-23(35(26)13-10-31-25)19-2-5-21(6-3-19)39-28(29)30/h2-7,10,13-14,16,18,28H,8-9,11-12,15H2,1H3,(H,31,33)(H,36,37). The van der Waals surface area contributed by atoms with Gasteiger partial charge in [0.1, 0.15) is 5.75 Å². The first-order valence-electron chi connectivity index (χ1n) is 12.5. The molecule has 39 heavy (non-hydrogen) atoms. The van der Waals surface area contributed by atoms with E-state index in [1.807, 2.05) is 23.5 Å². The zero-order valence-corrected chi connectivity index (χ0v) is 21.2. The Hall–Kier alpha value is -4.54. The van der Waals surface area contributed by atoms with Crippen LogP contribution in [0.1, 0.15) is 35.2 Å². The van der Waals surface area contributed by atoms with Crippen LogP contribution in [0, 0.1) is 12.8 Å². The highest BCUT2D eigenvalue weighted by atomic mass is 19.3. The molecular weight excluding hydrogens is 508 g/mol. The average molecular weight is 536 g/mol. The van der Waals surface area contributed by atoms with Crippen molar-refractivity contribution in [3.05, 3.63) is 72.2 Å². The van der Waals surface area contributed by atoms with Gasteiger partial charge < -0.3 is 20.1 Å². The second-order valence-corrected chi connectivity index (χ2v) is 9.50. The summed E-state index contributed by atoms with van der Waals surface area (Å²) in [5, 5.41) is 12.3. The van der Waals surface area contributed by atoms with Gasteiger partial charge in [-0.2, -0.15) is 8.78 Å². The van der Waals surface area contributed by atoms with E-state index in [9.17, 15) is 18.4 Å². The maximum atomic E-state index is 13.1. The van der Waals surface area contributed by atoms with Crippen LogP contribution >= 0.6 is 0 Å². The molecule has 1 aliphatic rings. The van der Waals surface area contributed by atoms with Crippen molar-refractivity contribution in [3.8, 4) is 17.0 Å². The second kappa shape index (κ2) is 11.1. The third-order valence-corrected chi connectivity index (χ3v) is 6.89. The van der Waals surface area contributed by atoms with E-state index in [0.717, 1.165) is 22.5 Å². The number of amides is 1. The number of halogens is 2. The number of anilines is 2. The summed E-state index contributed by atoms with van der Waals surface area (Å²) in [4.78, 5) is 34.8. The summed E-state index contributed by atoms with van der Waals surface area (Å²) in [7, 11) is 0. The largest absolute Gasteiger partial charge is 0.481 e. The zero-order valence-electron chi connectivity index (χ0n) is 21.2. The van der Waals surface area contributed by atoms with E-state index >= 15 is 0 Å². The van der Waals surface area contributed by atoms with Crippen LogP contribution in [0.25, 0.3) is 16.9 Å². The third-order valence-electron chi connectivity index (χ3n) is 6.89. The first kappa shape index (κ1) is 26.1. The molecule has 2 aromatic carbocycles. The molecule has 1 aliphatic heterocycles. The fraction of sp³-hybridized carbons (Fsp3) is 0.286. The lowest BCUT2D eigenvalue weighted by Gasteiger charge is -2.31. The SMILES string of the molecule is Cc1cc(Nc2nccn3c(-c4ccc(OC(F)F)cc4)cnc23)ccc1C(=O)N1CCC(CC(=O)O)CC1. The summed E-state index contributed by atoms with van der Waals surface area (Å²) < 4.78 is 31.2. The number of hydrogen-bond donors (Lipinski definition) is 2. The normalized spacial score (nSPS) is 14.1. The predicted octanol–water partition coefficient (Wildman–Crippen LogP) is 5.38. The van der Waals surface area contributed by atoms with Crippen molar-refractivity contribution >= 4 is 29.0 Å². The van der Waals surface area contributed by atoms with Crippen molar-refractivity contribution in [2.24, 2.45) is 5.92 Å². The predicted molar refractivity (Wildman–Crippen MR) is 140 cm³/mol. The number of rotatable bonds is 8. The van der Waals surface area contributed by atoms with Gasteiger partial charge in [0.05, 0.1) is 11.9 Å². The number of nitrogens with zero attached hydrogens (tertiary/aromatic N) is 4. The van der Waals surface area contributed by atoms with Crippen molar-refractivity contribution in [2.75, 3.05) is 18.4 Å². The van der Waals surface area contributed by atoms with Crippen LogP contribution < -0.4 is 10.1 Å². The number of carboxylic acid groups (broad SMARTS) is 1. The Bertz CT molecular complexity index is 1500. The minimum absolute atomic E-state index is 0.0593. The van der Waals surface area contributed by atoms with Gasteiger partial charge >= 0.3 is 12.6 Å². The van der Waals surface area contributed by atoms with E-state index in [1.54, 1.807) is 41.7 Å². The molecular formula is C28H27F2N5O4. The molecule has 1 fully saturated rings. The number of aliphatic carboxylic acids is 1. The molecule has 2 aromatic heterocycles. The van der Waals surface area contributed by atoms with Crippen LogP contribution in [0.2, 0.25) is 0 Å². The van der Waals surface area contributed by atoms with Crippen LogP contribution in [0.15, 0.2) is 61.1 Å². The molecule has 0 unspecified atom stereocenters. The van der Waals surface area contributed by atoms with E-state index in [0.29, 0.717) is 43.0 Å². The molecule has 5 rings (SSSR count). The highest BCUT2D eigenvalue weighted by Gasteiger charge is 2.26. The van der Waals surface area contributed by atoms with Gasteiger partial charge in [-0.1, -0.05) is 0 Å². The Morgan fingerprint density at radius 1 is 1.13 bits per heavy atom. The van der Waals surface area contributed by atoms with Gasteiger partial charge in [-0.3, -0.25) is 14.0 Å². The molecule has 202 valence electrons. The Morgan fingerprint density at radius 3 is 2.54 bits per heavy atom. The number of ether oxygens (including phenoxy) is 1. The van der Waals surface area contributed by atoms with Crippen molar-refractivity contribution in [1.29, 1.82) is 0 Å². The van der Waals surface area contributed by atoms with Crippen LogP contribution in [0.3, 0.4) is 0 Å². The molecule has 0 atom stereocenters. The maximum absolute atomic E-state index is 13.1. The Labute approximate surface area is 223 Å². The lowest BCUT2D eigenvalue weighted by Crippen LogP contribution is -2.39. The molecule has 11 heteroatoms. The third kappa shape index (κ3) is 5.82. The van der Waals surface area contributed by atoms with E-state index in [1.165, 1.54) is 12.1 Å². The highest BCUT2D eigenvalue weighted by Crippen LogP contribution is 2.28. The molecule has 0 saturated carbocycles. The van der Waals surface area contributed by atoms with E-state index in [4.69, 9.17) is 5.11 Å². The van der Waals surface area contributed by atoms with Gasteiger partial charge in [0.25, 0.3) is 5.91 Å². The Morgan fingerprint density at radius 2 is 1.87 bits per heavy atom. The molecule has 0 bridgehead atoms. The quantitative estimate of drug-likeness (QED) is 0.312. The van der Waals surface area contributed by atoms with Gasteiger partial charge in [-0.05, 0) is 73.7 Å². The van der Waals surface area contributed by atoms with Crippen molar-refractivity contribution in [1.82, 2.24) is 19.3 Å². The summed E-state index contributed by atoms with van der Waals surface area (Å²) in [5.74, 6) is -0.161. The number of carbonyl (C=O) groups is 2. The number of carboxylic acids is 1. The summed E-state index contributed by atoms with van der Waals surface area (Å²) in [5.41, 5.74) is 4.24. The fourth-order valence-electron chi connectivity index (χ4n) is 4.90. The van der Waals surface area contributed by atoms with Crippen LogP contribution in [-0.2, 0) is 4.79 Å². The molecule has 9 nitrogen and oxygen atoms in total. The van der Waals surface area contributed by atoms with E-state index < -0.39 is 12.6 Å². The minimum Gasteiger partial charge on any atom is -0.481 e. The van der Waals surface area contributed by atoms with Gasteiger partial charge in [0.2, 0.25) is 0 Å². The lowest BCUT2D eigenvalue weighted by atomic mass is 9.93. The number of fused-ring (bicyclic) bond motifs is 1. The van der Waals surface area contributed by atoms with Gasteiger partial charge in [0.15, 0.2) is 11.5 Å². The van der Waals surface area contributed by atoms with E-state index in [-0.39, 0.29) is 24.0 Å². The van der Waals surface area contributed by atoms with Crippen LogP contribution in [0.4, 0.5) is 20.3 Å². The average Bonchev–Trinajstić information content (AvgIpc) is 3.34. The number of piperidine rings is 1. The first-order chi connectivity index (χ1) is 18.8. The number of imidazole rings is 1. The monoisotopic (exact) mass is 535 g/mol. The summed E-state index contributed by atoms with van der Waals surface area (Å²) in [6.45, 7) is 0.0854. The molecule has 3 heterocycles. The Kier molecular flexibility index (Phi) is 7.40.